The van der Waals surface area contributed by atoms with E-state index in [1.54, 1.807) is 6.07 Å². The van der Waals surface area contributed by atoms with Crippen LogP contribution in [0.2, 0.25) is 5.15 Å². The van der Waals surface area contributed by atoms with Crippen LogP contribution >= 0.6 is 11.6 Å². The first-order valence-corrected chi connectivity index (χ1v) is 9.15. The number of furan rings is 1. The van der Waals surface area contributed by atoms with Gasteiger partial charge in [0.15, 0.2) is 10.7 Å². The first-order chi connectivity index (χ1) is 12.3. The fourth-order valence-electron chi connectivity index (χ4n) is 2.26. The number of aryl methyl sites for hydroxylation is 2. The first kappa shape index (κ1) is 18.0. The van der Waals surface area contributed by atoms with Gasteiger partial charge in [0.25, 0.3) is 5.91 Å². The molecule has 2 aromatic heterocycles. The predicted molar refractivity (Wildman–Crippen MR) is 93.9 cm³/mol. The molecule has 0 aliphatic carbocycles. The van der Waals surface area contributed by atoms with E-state index in [-0.39, 0.29) is 27.3 Å². The van der Waals surface area contributed by atoms with Crippen LogP contribution in [0.1, 0.15) is 16.2 Å². The Kier molecular flexibility index (Phi) is 4.75. The Labute approximate surface area is 154 Å². The lowest BCUT2D eigenvalue weighted by Crippen LogP contribution is -2.12. The molecule has 1 amide bonds. The number of aromatic nitrogens is 2. The Morgan fingerprint density at radius 2 is 1.96 bits per heavy atom. The lowest BCUT2D eigenvalue weighted by atomic mass is 10.3. The summed E-state index contributed by atoms with van der Waals surface area (Å²) in [6.45, 7) is 1.52. The predicted octanol–water partition coefficient (Wildman–Crippen LogP) is 2.99. The number of carbonyl (C=O) groups excluding carboxylic acids is 1. The smallest absolute Gasteiger partial charge is 0.344 e. The van der Waals surface area contributed by atoms with E-state index in [9.17, 15) is 13.2 Å². The van der Waals surface area contributed by atoms with Crippen LogP contribution in [0, 0.1) is 6.92 Å². The second-order valence-electron chi connectivity index (χ2n) is 5.32. The normalized spacial score (nSPS) is 11.3. The Hall–Kier alpha value is -2.78. The minimum atomic E-state index is -4.14. The van der Waals surface area contributed by atoms with Gasteiger partial charge in [-0.1, -0.05) is 11.6 Å². The Morgan fingerprint density at radius 1 is 1.27 bits per heavy atom. The molecule has 3 rings (SSSR count). The number of halogens is 1. The molecule has 1 N–H and O–H groups in total. The lowest BCUT2D eigenvalue weighted by Gasteiger charge is -2.08. The zero-order valence-electron chi connectivity index (χ0n) is 13.8. The van der Waals surface area contributed by atoms with Crippen LogP contribution in [0.5, 0.6) is 5.75 Å². The minimum Gasteiger partial charge on any atom is -0.459 e. The molecular formula is C16H14ClN3O5S. The fourth-order valence-corrected chi connectivity index (χ4v) is 3.90. The molecule has 0 spiro atoms. The van der Waals surface area contributed by atoms with Gasteiger partial charge in [0, 0.05) is 12.7 Å². The van der Waals surface area contributed by atoms with E-state index in [1.807, 2.05) is 0 Å². The number of anilines is 1. The Bertz CT molecular complexity index is 1040. The summed E-state index contributed by atoms with van der Waals surface area (Å²) < 4.78 is 36.2. The highest BCUT2D eigenvalue weighted by molar-refractivity contribution is 7.87. The quantitative estimate of drug-likeness (QED) is 0.666. The third-order valence-corrected chi connectivity index (χ3v) is 5.36. The molecule has 2 heterocycles. The van der Waals surface area contributed by atoms with Crippen LogP contribution in [0.4, 0.5) is 5.69 Å². The second kappa shape index (κ2) is 6.85. The summed E-state index contributed by atoms with van der Waals surface area (Å²) in [6.07, 6.45) is 1.39. The van der Waals surface area contributed by atoms with Gasteiger partial charge in [-0.2, -0.15) is 13.5 Å². The number of nitrogens with zero attached hydrogens (tertiary/aromatic N) is 2. The van der Waals surface area contributed by atoms with E-state index >= 15 is 0 Å². The van der Waals surface area contributed by atoms with Crippen molar-refractivity contribution >= 4 is 33.3 Å². The zero-order chi connectivity index (χ0) is 18.9. The maximum Gasteiger partial charge on any atom is 0.344 e. The van der Waals surface area contributed by atoms with Crippen molar-refractivity contribution in [3.63, 3.8) is 0 Å². The van der Waals surface area contributed by atoms with Gasteiger partial charge in [-0.05, 0) is 43.3 Å². The largest absolute Gasteiger partial charge is 0.459 e. The molecule has 0 unspecified atom stereocenters. The molecule has 0 aliphatic heterocycles. The molecule has 8 nitrogen and oxygen atoms in total. The summed E-state index contributed by atoms with van der Waals surface area (Å²) >= 11 is 5.98. The van der Waals surface area contributed by atoms with E-state index in [1.165, 1.54) is 55.2 Å². The molecular weight excluding hydrogens is 382 g/mol. The van der Waals surface area contributed by atoms with E-state index in [2.05, 4.69) is 10.4 Å². The van der Waals surface area contributed by atoms with Crippen molar-refractivity contribution in [1.29, 1.82) is 0 Å². The molecule has 0 fully saturated rings. The van der Waals surface area contributed by atoms with E-state index in [4.69, 9.17) is 20.2 Å². The first-order valence-electron chi connectivity index (χ1n) is 7.36. The van der Waals surface area contributed by atoms with Gasteiger partial charge in [-0.25, -0.2) is 0 Å². The lowest BCUT2D eigenvalue weighted by molar-refractivity contribution is 0.0996. The van der Waals surface area contributed by atoms with E-state index in [0.29, 0.717) is 5.69 Å². The van der Waals surface area contributed by atoms with Gasteiger partial charge in [0.1, 0.15) is 10.9 Å². The van der Waals surface area contributed by atoms with Gasteiger partial charge in [-0.15, -0.1) is 0 Å². The van der Waals surface area contributed by atoms with Crippen LogP contribution in [-0.2, 0) is 17.2 Å². The van der Waals surface area contributed by atoms with Gasteiger partial charge in [-0.3, -0.25) is 9.48 Å². The molecule has 0 radical (unpaired) electrons. The van der Waals surface area contributed by atoms with Crippen LogP contribution in [0.15, 0.2) is 52.0 Å². The molecule has 136 valence electrons. The van der Waals surface area contributed by atoms with Crippen molar-refractivity contribution in [3.8, 4) is 5.75 Å². The standard InChI is InChI=1S/C16H14ClN3O5S/c1-10-14(15(17)20(2)19-10)26(22,23)25-12-7-5-11(6-8-12)18-16(21)13-4-3-9-24-13/h3-9H,1-2H3,(H,18,21). The molecule has 3 aromatic rings. The number of rotatable bonds is 5. The Balaban J connectivity index is 1.76. The summed E-state index contributed by atoms with van der Waals surface area (Å²) in [5.74, 6) is -0.191. The SMILES string of the molecule is Cc1nn(C)c(Cl)c1S(=O)(=O)Oc1ccc(NC(=O)c2ccco2)cc1. The molecule has 26 heavy (non-hydrogen) atoms. The van der Waals surface area contributed by atoms with Gasteiger partial charge < -0.3 is 13.9 Å². The molecule has 1 aromatic carbocycles. The van der Waals surface area contributed by atoms with Gasteiger partial charge in [0.05, 0.1) is 12.0 Å². The molecule has 0 saturated heterocycles. The van der Waals surface area contributed by atoms with Crippen molar-refractivity contribution in [1.82, 2.24) is 9.78 Å². The topological polar surface area (TPSA) is 103 Å². The van der Waals surface area contributed by atoms with Crippen molar-refractivity contribution in [2.75, 3.05) is 5.32 Å². The number of amides is 1. The van der Waals surface area contributed by atoms with Crippen molar-refractivity contribution in [2.45, 2.75) is 11.8 Å². The second-order valence-corrected chi connectivity index (χ2v) is 7.16. The highest BCUT2D eigenvalue weighted by Crippen LogP contribution is 2.28. The monoisotopic (exact) mass is 395 g/mol. The maximum atomic E-state index is 12.4. The summed E-state index contributed by atoms with van der Waals surface area (Å²) in [4.78, 5) is 11.7. The zero-order valence-corrected chi connectivity index (χ0v) is 15.3. The van der Waals surface area contributed by atoms with Crippen LogP contribution in [0.25, 0.3) is 0 Å². The van der Waals surface area contributed by atoms with Crippen molar-refractivity contribution in [3.05, 3.63) is 59.3 Å². The van der Waals surface area contributed by atoms with Crippen LogP contribution < -0.4 is 9.50 Å². The average Bonchev–Trinajstić information content (AvgIpc) is 3.18. The molecule has 0 saturated carbocycles. The number of hydrogen-bond donors (Lipinski definition) is 1. The fraction of sp³-hybridized carbons (Fsp3) is 0.125. The number of benzene rings is 1. The Morgan fingerprint density at radius 3 is 2.50 bits per heavy atom. The average molecular weight is 396 g/mol. The summed E-state index contributed by atoms with van der Waals surface area (Å²) in [5, 5.41) is 6.54. The number of carbonyl (C=O) groups is 1. The van der Waals surface area contributed by atoms with Crippen molar-refractivity contribution < 1.29 is 21.8 Å². The molecule has 0 atom stereocenters. The third kappa shape index (κ3) is 3.58. The summed E-state index contributed by atoms with van der Waals surface area (Å²) in [6, 6.07) is 8.96. The highest BCUT2D eigenvalue weighted by atomic mass is 35.5. The molecule has 0 bridgehead atoms. The van der Waals surface area contributed by atoms with E-state index < -0.39 is 16.0 Å². The summed E-state index contributed by atoms with van der Waals surface area (Å²) in [7, 11) is -2.61. The highest BCUT2D eigenvalue weighted by Gasteiger charge is 2.27. The molecule has 10 heteroatoms. The van der Waals surface area contributed by atoms with E-state index in [0.717, 1.165) is 0 Å². The van der Waals surface area contributed by atoms with Crippen LogP contribution in [0.3, 0.4) is 0 Å². The third-order valence-electron chi connectivity index (χ3n) is 3.41. The summed E-state index contributed by atoms with van der Waals surface area (Å²) in [5.41, 5.74) is 0.687. The number of hydrogen-bond acceptors (Lipinski definition) is 6. The van der Waals surface area contributed by atoms with Gasteiger partial charge >= 0.3 is 10.1 Å². The number of nitrogens with one attached hydrogen (secondary N) is 1. The van der Waals surface area contributed by atoms with Crippen molar-refractivity contribution in [2.24, 2.45) is 7.05 Å². The molecule has 0 aliphatic rings. The van der Waals surface area contributed by atoms with Gasteiger partial charge in [0.2, 0.25) is 0 Å². The maximum absolute atomic E-state index is 12.4. The minimum absolute atomic E-state index is 0.0372. The van der Waals surface area contributed by atoms with Crippen LogP contribution in [-0.4, -0.2) is 24.1 Å².